The number of phenols is 1. The zero-order valence-electron chi connectivity index (χ0n) is 17.9. The van der Waals surface area contributed by atoms with E-state index >= 15 is 0 Å². The van der Waals surface area contributed by atoms with Crippen molar-refractivity contribution in [3.63, 3.8) is 0 Å². The van der Waals surface area contributed by atoms with Crippen LogP contribution in [0.1, 0.15) is 19.3 Å². The molecule has 0 spiro atoms. The SMILES string of the molecule is [2H]c1c(OP(=O)(O)O)c(C2CCN(C)CC2O)c2oc(-c3ccccc3Cl)cc(=O)c2c1O. The first-order valence-corrected chi connectivity index (χ1v) is 11.6. The van der Waals surface area contributed by atoms with Crippen molar-refractivity contribution in [3.05, 3.63) is 57.2 Å². The Hall–Kier alpha value is -2.39. The molecule has 32 heavy (non-hydrogen) atoms. The Morgan fingerprint density at radius 3 is 2.72 bits per heavy atom. The number of nitrogens with zero attached hydrogens (tertiary/aromatic N) is 1. The smallest absolute Gasteiger partial charge is 0.507 e. The van der Waals surface area contributed by atoms with Gasteiger partial charge >= 0.3 is 7.82 Å². The predicted molar refractivity (Wildman–Crippen MR) is 118 cm³/mol. The van der Waals surface area contributed by atoms with Crippen LogP contribution in [0.5, 0.6) is 11.5 Å². The molecule has 1 aliphatic heterocycles. The molecule has 2 unspecified atom stereocenters. The summed E-state index contributed by atoms with van der Waals surface area (Å²) in [5, 5.41) is 21.3. The number of aromatic hydroxyl groups is 1. The first-order chi connectivity index (χ1) is 15.5. The molecule has 0 radical (unpaired) electrons. The first-order valence-electron chi connectivity index (χ1n) is 10.2. The summed E-state index contributed by atoms with van der Waals surface area (Å²) < 4.78 is 30.7. The molecule has 2 atom stereocenters. The van der Waals surface area contributed by atoms with Gasteiger partial charge in [-0.2, -0.15) is 0 Å². The summed E-state index contributed by atoms with van der Waals surface area (Å²) in [7, 11) is -3.38. The number of hydrogen-bond donors (Lipinski definition) is 4. The Morgan fingerprint density at radius 1 is 1.34 bits per heavy atom. The zero-order valence-corrected chi connectivity index (χ0v) is 18.5. The van der Waals surface area contributed by atoms with Crippen LogP contribution < -0.4 is 9.95 Å². The Balaban J connectivity index is 2.10. The molecule has 3 aromatic rings. The van der Waals surface area contributed by atoms with E-state index in [4.69, 9.17) is 21.9 Å². The van der Waals surface area contributed by atoms with Crippen LogP contribution in [-0.4, -0.2) is 51.1 Å². The summed E-state index contributed by atoms with van der Waals surface area (Å²) in [5.41, 5.74) is -0.616. The molecule has 0 bridgehead atoms. The highest BCUT2D eigenvalue weighted by molar-refractivity contribution is 7.46. The molecule has 4 rings (SSSR count). The fourth-order valence-corrected chi connectivity index (χ4v) is 4.61. The maximum absolute atomic E-state index is 13.0. The third kappa shape index (κ3) is 4.41. The molecule has 2 heterocycles. The van der Waals surface area contributed by atoms with Crippen LogP contribution in [0.25, 0.3) is 22.3 Å². The fourth-order valence-electron chi connectivity index (χ4n) is 4.00. The lowest BCUT2D eigenvalue weighted by Gasteiger charge is -2.34. The van der Waals surface area contributed by atoms with Gasteiger partial charge in [-0.25, -0.2) is 4.57 Å². The largest absolute Gasteiger partial charge is 0.524 e. The van der Waals surface area contributed by atoms with E-state index < -0.39 is 42.8 Å². The number of likely N-dealkylation sites (N-methyl/N-ethyl adjacent to an activating group) is 1. The van der Waals surface area contributed by atoms with Gasteiger partial charge in [-0.3, -0.25) is 14.6 Å². The highest BCUT2D eigenvalue weighted by Gasteiger charge is 2.35. The molecule has 0 aliphatic carbocycles. The van der Waals surface area contributed by atoms with E-state index in [-0.39, 0.29) is 33.9 Å². The standard InChI is InChI=1S/C21H21ClNO8P/c1-23-7-6-12(16(26)10-23)19-18(31-32(27,28)29)9-15(25)20-14(24)8-17(30-21(19)20)11-4-2-3-5-13(11)22/h2-5,8-9,12,16,25-26H,6-7,10H2,1H3,(H2,27,28,29)/i9D. The third-order valence-electron chi connectivity index (χ3n) is 5.41. The van der Waals surface area contributed by atoms with Crippen molar-refractivity contribution in [1.29, 1.82) is 0 Å². The summed E-state index contributed by atoms with van der Waals surface area (Å²) in [6, 6.07) is 6.90. The minimum Gasteiger partial charge on any atom is -0.507 e. The number of phosphoric acid groups is 1. The van der Waals surface area contributed by atoms with E-state index in [1.807, 2.05) is 4.90 Å². The normalized spacial score (nSPS) is 20.3. The third-order valence-corrected chi connectivity index (χ3v) is 6.16. The molecule has 4 N–H and O–H groups in total. The molecular formula is C21H21ClNO8P. The van der Waals surface area contributed by atoms with Crippen LogP contribution in [0.2, 0.25) is 5.02 Å². The van der Waals surface area contributed by atoms with Crippen LogP contribution in [0, 0.1) is 0 Å². The fraction of sp³-hybridized carbons (Fsp3) is 0.286. The van der Waals surface area contributed by atoms with Gasteiger partial charge in [0.2, 0.25) is 0 Å². The molecule has 1 fully saturated rings. The van der Waals surface area contributed by atoms with Gasteiger partial charge in [0, 0.05) is 35.7 Å². The number of aliphatic hydroxyl groups excluding tert-OH is 1. The maximum atomic E-state index is 13.0. The Bertz CT molecular complexity index is 1340. The molecule has 1 saturated heterocycles. The van der Waals surface area contributed by atoms with E-state index in [0.717, 1.165) is 6.07 Å². The van der Waals surface area contributed by atoms with E-state index in [0.29, 0.717) is 18.5 Å². The average molecular weight is 483 g/mol. The molecule has 0 saturated carbocycles. The van der Waals surface area contributed by atoms with Crippen molar-refractivity contribution in [2.75, 3.05) is 20.1 Å². The highest BCUT2D eigenvalue weighted by atomic mass is 35.5. The maximum Gasteiger partial charge on any atom is 0.524 e. The van der Waals surface area contributed by atoms with Gasteiger partial charge in [-0.15, -0.1) is 0 Å². The van der Waals surface area contributed by atoms with Crippen LogP contribution >= 0.6 is 19.4 Å². The van der Waals surface area contributed by atoms with E-state index in [1.54, 1.807) is 31.3 Å². The van der Waals surface area contributed by atoms with Gasteiger partial charge < -0.3 is 24.1 Å². The van der Waals surface area contributed by atoms with Crippen molar-refractivity contribution >= 4 is 30.4 Å². The number of hydrogen-bond acceptors (Lipinski definition) is 7. The van der Waals surface area contributed by atoms with Crippen LogP contribution in [0.4, 0.5) is 0 Å². The molecule has 170 valence electrons. The second-order valence-corrected chi connectivity index (χ2v) is 9.25. The molecule has 2 aromatic carbocycles. The lowest BCUT2D eigenvalue weighted by molar-refractivity contribution is 0.0632. The van der Waals surface area contributed by atoms with Gasteiger partial charge in [0.1, 0.15) is 28.2 Å². The molecule has 11 heteroatoms. The molecular weight excluding hydrogens is 461 g/mol. The number of aliphatic hydroxyl groups is 1. The first kappa shape index (κ1) is 21.5. The van der Waals surface area contributed by atoms with E-state index in [9.17, 15) is 29.4 Å². The highest BCUT2D eigenvalue weighted by Crippen LogP contribution is 2.48. The van der Waals surface area contributed by atoms with Gasteiger partial charge in [0.05, 0.1) is 12.5 Å². The summed E-state index contributed by atoms with van der Waals surface area (Å²) in [5.74, 6) is -2.25. The number of phenolic OH excluding ortho intramolecular Hbond substituents is 1. The zero-order chi connectivity index (χ0) is 24.1. The Morgan fingerprint density at radius 2 is 2.06 bits per heavy atom. The molecule has 1 aliphatic rings. The van der Waals surface area contributed by atoms with Crippen molar-refractivity contribution in [2.24, 2.45) is 0 Å². The molecule has 0 amide bonds. The van der Waals surface area contributed by atoms with Gasteiger partial charge in [0.15, 0.2) is 5.43 Å². The number of piperidine rings is 1. The quantitative estimate of drug-likeness (QED) is 0.413. The van der Waals surface area contributed by atoms with Crippen molar-refractivity contribution in [3.8, 4) is 22.8 Å². The number of phosphoric ester groups is 1. The Labute approximate surface area is 189 Å². The van der Waals surface area contributed by atoms with Crippen LogP contribution in [0.3, 0.4) is 0 Å². The predicted octanol–water partition coefficient (Wildman–Crippen LogP) is 3.07. The van der Waals surface area contributed by atoms with Crippen molar-refractivity contribution < 1.29 is 34.9 Å². The van der Waals surface area contributed by atoms with Crippen LogP contribution in [-0.2, 0) is 4.57 Å². The van der Waals surface area contributed by atoms with E-state index in [1.165, 1.54) is 0 Å². The minimum absolute atomic E-state index is 0.0426. The molecule has 9 nitrogen and oxygen atoms in total. The number of likely N-dealkylation sites (tertiary alicyclic amines) is 1. The summed E-state index contributed by atoms with van der Waals surface area (Å²) in [4.78, 5) is 33.8. The molecule has 1 aromatic heterocycles. The monoisotopic (exact) mass is 482 g/mol. The second kappa shape index (κ2) is 8.51. The van der Waals surface area contributed by atoms with Gasteiger partial charge in [0.25, 0.3) is 0 Å². The van der Waals surface area contributed by atoms with E-state index in [2.05, 4.69) is 0 Å². The van der Waals surface area contributed by atoms with Crippen LogP contribution in [0.15, 0.2) is 45.6 Å². The van der Waals surface area contributed by atoms with Gasteiger partial charge in [-0.1, -0.05) is 23.7 Å². The number of fused-ring (bicyclic) bond motifs is 1. The minimum atomic E-state index is -5.18. The lowest BCUT2D eigenvalue weighted by Crippen LogP contribution is -2.40. The number of halogens is 1. The number of rotatable bonds is 4. The second-order valence-electron chi connectivity index (χ2n) is 7.68. The Kier molecular flexibility index (Phi) is 5.71. The lowest BCUT2D eigenvalue weighted by atomic mass is 9.85. The summed E-state index contributed by atoms with van der Waals surface area (Å²) >= 11 is 6.25. The van der Waals surface area contributed by atoms with Crippen molar-refractivity contribution in [2.45, 2.75) is 18.4 Å². The average Bonchev–Trinajstić information content (AvgIpc) is 2.72. The summed E-state index contributed by atoms with van der Waals surface area (Å²) in [6.45, 7) is 0.741. The van der Waals surface area contributed by atoms with Gasteiger partial charge in [-0.05, 0) is 32.1 Å². The topological polar surface area (TPSA) is 141 Å². The summed E-state index contributed by atoms with van der Waals surface area (Å²) in [6.07, 6.45) is -0.710. The number of benzene rings is 2. The number of β-amino-alcohol motifs (C(OH)–C–C–N with tert-alkyl or cyclic N) is 1. The van der Waals surface area contributed by atoms with Crippen molar-refractivity contribution in [1.82, 2.24) is 4.90 Å².